The van der Waals surface area contributed by atoms with Crippen LogP contribution in [-0.2, 0) is 4.43 Å². The fourth-order valence-electron chi connectivity index (χ4n) is 5.00. The van der Waals surface area contributed by atoms with Crippen LogP contribution in [0.2, 0.25) is 18.1 Å². The Bertz CT molecular complexity index is 447. The summed E-state index contributed by atoms with van der Waals surface area (Å²) in [6.07, 6.45) is 9.47. The lowest BCUT2D eigenvalue weighted by Gasteiger charge is -2.50. The first-order valence-corrected chi connectivity index (χ1v) is 11.3. The first kappa shape index (κ1) is 14.8. The van der Waals surface area contributed by atoms with Gasteiger partial charge in [0.25, 0.3) is 0 Å². The van der Waals surface area contributed by atoms with Crippen LogP contribution < -0.4 is 0 Å². The molecule has 5 atom stereocenters. The molecule has 0 unspecified atom stereocenters. The van der Waals surface area contributed by atoms with Crippen molar-refractivity contribution in [2.24, 2.45) is 22.7 Å². The third kappa shape index (κ3) is 1.64. The number of allylic oxidation sites excluding steroid dienone is 2. The second-order valence-electron chi connectivity index (χ2n) is 9.44. The maximum absolute atomic E-state index is 6.91. The SMILES string of the molecule is CC(C)(C)[Si](C)(C)O[C@@H]1C[C@H]2C[C@@H]3CC=C[C@]2(C)[C@@]31C. The molecule has 20 heavy (non-hydrogen) atoms. The van der Waals surface area contributed by atoms with Crippen LogP contribution in [0, 0.1) is 22.7 Å². The highest BCUT2D eigenvalue weighted by atomic mass is 28.4. The van der Waals surface area contributed by atoms with E-state index < -0.39 is 8.32 Å². The number of rotatable bonds is 2. The van der Waals surface area contributed by atoms with Crippen molar-refractivity contribution in [2.75, 3.05) is 0 Å². The van der Waals surface area contributed by atoms with Gasteiger partial charge >= 0.3 is 0 Å². The van der Waals surface area contributed by atoms with Crippen molar-refractivity contribution in [3.8, 4) is 0 Å². The lowest BCUT2D eigenvalue weighted by molar-refractivity contribution is -0.0126. The minimum atomic E-state index is -1.66. The molecule has 1 nitrogen and oxygen atoms in total. The molecule has 0 aromatic heterocycles. The highest BCUT2D eigenvalue weighted by molar-refractivity contribution is 6.74. The van der Waals surface area contributed by atoms with Gasteiger partial charge in [0.15, 0.2) is 8.32 Å². The summed E-state index contributed by atoms with van der Waals surface area (Å²) >= 11 is 0. The van der Waals surface area contributed by atoms with Crippen LogP contribution in [0.15, 0.2) is 12.2 Å². The number of hydrogen-bond donors (Lipinski definition) is 0. The second kappa shape index (κ2) is 4.01. The number of hydrogen-bond acceptors (Lipinski definition) is 1. The Hall–Kier alpha value is -0.0831. The Kier molecular flexibility index (Phi) is 2.97. The summed E-state index contributed by atoms with van der Waals surface area (Å²) in [5, 5.41) is 0.317. The van der Waals surface area contributed by atoms with Crippen LogP contribution in [0.1, 0.15) is 53.9 Å². The first-order chi connectivity index (χ1) is 9.02. The third-order valence-electron chi connectivity index (χ3n) is 7.72. The summed E-state index contributed by atoms with van der Waals surface area (Å²) in [6.45, 7) is 16.9. The van der Waals surface area contributed by atoms with Crippen LogP contribution in [0.4, 0.5) is 0 Å². The van der Waals surface area contributed by atoms with E-state index in [4.69, 9.17) is 4.43 Å². The molecule has 3 aliphatic rings. The lowest BCUT2D eigenvalue weighted by atomic mass is 9.61. The van der Waals surface area contributed by atoms with E-state index in [0.717, 1.165) is 11.8 Å². The topological polar surface area (TPSA) is 9.23 Å². The minimum absolute atomic E-state index is 0.317. The van der Waals surface area contributed by atoms with Gasteiger partial charge in [-0.1, -0.05) is 46.8 Å². The fourth-order valence-corrected chi connectivity index (χ4v) is 6.41. The van der Waals surface area contributed by atoms with Crippen LogP contribution in [0.3, 0.4) is 0 Å². The molecule has 114 valence electrons. The normalized spacial score (nSPS) is 47.0. The van der Waals surface area contributed by atoms with Gasteiger partial charge in [0, 0.05) is 5.41 Å². The van der Waals surface area contributed by atoms with Crippen molar-refractivity contribution in [1.82, 2.24) is 0 Å². The Morgan fingerprint density at radius 3 is 2.30 bits per heavy atom. The minimum Gasteiger partial charge on any atom is -0.413 e. The van der Waals surface area contributed by atoms with Gasteiger partial charge in [-0.15, -0.1) is 0 Å². The molecule has 2 heteroatoms. The highest BCUT2D eigenvalue weighted by Gasteiger charge is 2.69. The van der Waals surface area contributed by atoms with Gasteiger partial charge in [-0.2, -0.15) is 0 Å². The summed E-state index contributed by atoms with van der Waals surface area (Å²) in [5.74, 6) is 1.71. The molecule has 2 fully saturated rings. The van der Waals surface area contributed by atoms with Gasteiger partial charge in [-0.25, -0.2) is 0 Å². The van der Waals surface area contributed by atoms with Crippen molar-refractivity contribution in [2.45, 2.75) is 78.1 Å². The van der Waals surface area contributed by atoms with E-state index in [2.05, 4.69) is 59.9 Å². The maximum atomic E-state index is 6.91. The van der Waals surface area contributed by atoms with E-state index >= 15 is 0 Å². The zero-order valence-electron chi connectivity index (χ0n) is 14.4. The summed E-state index contributed by atoms with van der Waals surface area (Å²) in [6, 6.07) is 0. The summed E-state index contributed by atoms with van der Waals surface area (Å²) in [4.78, 5) is 0. The van der Waals surface area contributed by atoms with Crippen LogP contribution in [0.5, 0.6) is 0 Å². The summed E-state index contributed by atoms with van der Waals surface area (Å²) in [5.41, 5.74) is 0.769. The van der Waals surface area contributed by atoms with Gasteiger partial charge in [0.05, 0.1) is 6.10 Å². The van der Waals surface area contributed by atoms with E-state index in [9.17, 15) is 0 Å². The van der Waals surface area contributed by atoms with E-state index in [0.29, 0.717) is 22.0 Å². The van der Waals surface area contributed by atoms with Crippen LogP contribution in [-0.4, -0.2) is 14.4 Å². The molecule has 0 aromatic carbocycles. The van der Waals surface area contributed by atoms with Crippen molar-refractivity contribution in [3.63, 3.8) is 0 Å². The molecule has 0 spiro atoms. The molecule has 4 bridgehead atoms. The zero-order valence-corrected chi connectivity index (χ0v) is 15.4. The Labute approximate surface area is 126 Å². The molecule has 2 saturated carbocycles. The lowest BCUT2D eigenvalue weighted by Crippen LogP contribution is -2.51. The molecule has 0 heterocycles. The summed E-state index contributed by atoms with van der Waals surface area (Å²) < 4.78 is 6.91. The monoisotopic (exact) mass is 292 g/mol. The molecule has 3 rings (SSSR count). The molecular weight excluding hydrogens is 260 g/mol. The Morgan fingerprint density at radius 2 is 1.75 bits per heavy atom. The molecule has 0 aromatic rings. The smallest absolute Gasteiger partial charge is 0.192 e. The quantitative estimate of drug-likeness (QED) is 0.490. The average Bonchev–Trinajstić information content (AvgIpc) is 2.55. The molecule has 0 aliphatic heterocycles. The van der Waals surface area contributed by atoms with E-state index in [1.165, 1.54) is 19.3 Å². The fraction of sp³-hybridized carbons (Fsp3) is 0.889. The van der Waals surface area contributed by atoms with Crippen molar-refractivity contribution in [3.05, 3.63) is 12.2 Å². The van der Waals surface area contributed by atoms with Gasteiger partial charge in [-0.3, -0.25) is 0 Å². The van der Waals surface area contributed by atoms with Gasteiger partial charge in [0.2, 0.25) is 0 Å². The maximum Gasteiger partial charge on any atom is 0.192 e. The van der Waals surface area contributed by atoms with Gasteiger partial charge in [-0.05, 0) is 54.6 Å². The zero-order chi connectivity index (χ0) is 15.0. The molecular formula is C18H32OSi. The second-order valence-corrected chi connectivity index (χ2v) is 14.2. The third-order valence-corrected chi connectivity index (χ3v) is 12.2. The van der Waals surface area contributed by atoms with Crippen LogP contribution >= 0.6 is 0 Å². The van der Waals surface area contributed by atoms with Gasteiger partial charge < -0.3 is 4.43 Å². The Morgan fingerprint density at radius 1 is 1.10 bits per heavy atom. The van der Waals surface area contributed by atoms with Crippen molar-refractivity contribution >= 4 is 8.32 Å². The van der Waals surface area contributed by atoms with E-state index in [-0.39, 0.29) is 0 Å². The molecule has 0 N–H and O–H groups in total. The van der Waals surface area contributed by atoms with Crippen LogP contribution in [0.25, 0.3) is 0 Å². The molecule has 0 saturated heterocycles. The van der Waals surface area contributed by atoms with E-state index in [1.807, 2.05) is 0 Å². The predicted octanol–water partition coefficient (Wildman–Crippen LogP) is 5.39. The van der Waals surface area contributed by atoms with Gasteiger partial charge in [0.1, 0.15) is 0 Å². The van der Waals surface area contributed by atoms with Crippen molar-refractivity contribution in [1.29, 1.82) is 0 Å². The molecule has 3 aliphatic carbocycles. The predicted molar refractivity (Wildman–Crippen MR) is 88.3 cm³/mol. The largest absolute Gasteiger partial charge is 0.413 e. The Balaban J connectivity index is 1.90. The average molecular weight is 293 g/mol. The van der Waals surface area contributed by atoms with E-state index in [1.54, 1.807) is 0 Å². The molecule has 0 radical (unpaired) electrons. The first-order valence-electron chi connectivity index (χ1n) is 8.38. The summed E-state index contributed by atoms with van der Waals surface area (Å²) in [7, 11) is -1.66. The van der Waals surface area contributed by atoms with Crippen molar-refractivity contribution < 1.29 is 4.43 Å². The molecule has 0 amide bonds. The standard InChI is InChI=1S/C18H32OSi/c1-16(2,3)20(6,7)19-15-12-14-11-13-9-8-10-17(14,4)18(13,15)5/h8,10,13-15H,9,11-12H2,1-7H3/t13-,14+,15+,17-,18-/m0/s1. The highest BCUT2D eigenvalue weighted by Crippen LogP contribution is 2.72.